The molecule has 1 fully saturated rings. The molecule has 0 unspecified atom stereocenters. The number of carbonyl (C=O) groups excluding carboxylic acids is 2. The normalized spacial score (nSPS) is 14.0. The van der Waals surface area contributed by atoms with Crippen LogP contribution in [0.5, 0.6) is 5.75 Å². The van der Waals surface area contributed by atoms with Crippen molar-refractivity contribution in [1.29, 1.82) is 0 Å². The lowest BCUT2D eigenvalue weighted by Crippen LogP contribution is -2.38. The Bertz CT molecular complexity index is 830. The number of carbonyl (C=O) groups is 2. The van der Waals surface area contributed by atoms with Crippen LogP contribution in [-0.4, -0.2) is 47.4 Å². The third-order valence-electron chi connectivity index (χ3n) is 4.59. The minimum absolute atomic E-state index is 0.0821. The highest BCUT2D eigenvalue weighted by Crippen LogP contribution is 2.17. The summed E-state index contributed by atoms with van der Waals surface area (Å²) < 4.78 is 5.68. The maximum atomic E-state index is 12.4. The zero-order chi connectivity index (χ0) is 20.6. The number of thioether (sulfide) groups is 1. The van der Waals surface area contributed by atoms with Crippen molar-refractivity contribution in [2.45, 2.75) is 32.8 Å². The molecule has 154 valence electrons. The summed E-state index contributed by atoms with van der Waals surface area (Å²) in [6, 6.07) is 15.1. The van der Waals surface area contributed by atoms with Crippen molar-refractivity contribution in [2.75, 3.05) is 29.9 Å². The van der Waals surface area contributed by atoms with Crippen molar-refractivity contribution in [2.24, 2.45) is 0 Å². The van der Waals surface area contributed by atoms with Gasteiger partial charge in [0.15, 0.2) is 0 Å². The number of anilines is 1. The lowest BCUT2D eigenvalue weighted by atomic mass is 10.1. The summed E-state index contributed by atoms with van der Waals surface area (Å²) >= 11 is 1.89. The maximum absolute atomic E-state index is 12.4. The number of amides is 2. The lowest BCUT2D eigenvalue weighted by Gasteiger charge is -2.26. The first kappa shape index (κ1) is 21.2. The minimum Gasteiger partial charge on any atom is -0.491 e. The van der Waals surface area contributed by atoms with Gasteiger partial charge in [-0.3, -0.25) is 9.59 Å². The molecule has 1 saturated heterocycles. The molecule has 0 aliphatic carbocycles. The molecule has 0 spiro atoms. The molecule has 1 N–H and O–H groups in total. The number of nitrogens with one attached hydrogen (secondary N) is 1. The van der Waals surface area contributed by atoms with Crippen molar-refractivity contribution in [1.82, 2.24) is 4.90 Å². The van der Waals surface area contributed by atoms with Gasteiger partial charge in [0, 0.05) is 30.3 Å². The van der Waals surface area contributed by atoms with Gasteiger partial charge in [0.1, 0.15) is 5.75 Å². The smallest absolute Gasteiger partial charge is 0.228 e. The van der Waals surface area contributed by atoms with Crippen LogP contribution in [0.1, 0.15) is 25.0 Å². The molecule has 3 rings (SSSR count). The van der Waals surface area contributed by atoms with Gasteiger partial charge in [-0.1, -0.05) is 24.3 Å². The zero-order valence-corrected chi connectivity index (χ0v) is 17.8. The van der Waals surface area contributed by atoms with Crippen molar-refractivity contribution in [3.05, 3.63) is 59.7 Å². The van der Waals surface area contributed by atoms with E-state index in [2.05, 4.69) is 5.32 Å². The number of hydrogen-bond acceptors (Lipinski definition) is 4. The monoisotopic (exact) mass is 412 g/mol. The van der Waals surface area contributed by atoms with E-state index >= 15 is 0 Å². The molecule has 0 saturated carbocycles. The van der Waals surface area contributed by atoms with Gasteiger partial charge in [-0.2, -0.15) is 11.8 Å². The van der Waals surface area contributed by atoms with Crippen LogP contribution in [0.2, 0.25) is 0 Å². The maximum Gasteiger partial charge on any atom is 0.228 e. The van der Waals surface area contributed by atoms with Gasteiger partial charge in [-0.05, 0) is 49.2 Å². The van der Waals surface area contributed by atoms with Crippen LogP contribution in [0.3, 0.4) is 0 Å². The van der Waals surface area contributed by atoms with E-state index in [0.29, 0.717) is 6.42 Å². The molecule has 2 aromatic carbocycles. The second-order valence-corrected chi connectivity index (χ2v) is 8.63. The molecule has 6 heteroatoms. The molecule has 29 heavy (non-hydrogen) atoms. The Hall–Kier alpha value is -2.47. The summed E-state index contributed by atoms with van der Waals surface area (Å²) in [7, 11) is 0. The van der Waals surface area contributed by atoms with E-state index in [1.54, 1.807) is 0 Å². The largest absolute Gasteiger partial charge is 0.491 e. The fourth-order valence-electron chi connectivity index (χ4n) is 3.20. The Labute approximate surface area is 176 Å². The third kappa shape index (κ3) is 6.82. The van der Waals surface area contributed by atoms with E-state index in [-0.39, 0.29) is 24.3 Å². The van der Waals surface area contributed by atoms with Gasteiger partial charge < -0.3 is 15.0 Å². The zero-order valence-electron chi connectivity index (χ0n) is 17.0. The highest BCUT2D eigenvalue weighted by molar-refractivity contribution is 7.99. The summed E-state index contributed by atoms with van der Waals surface area (Å²) in [5.41, 5.74) is 2.60. The first-order valence-electron chi connectivity index (χ1n) is 9.99. The van der Waals surface area contributed by atoms with Gasteiger partial charge in [-0.25, -0.2) is 0 Å². The van der Waals surface area contributed by atoms with Gasteiger partial charge in [0.2, 0.25) is 11.8 Å². The fraction of sp³-hybridized carbons (Fsp3) is 0.391. The topological polar surface area (TPSA) is 58.6 Å². The molecular formula is C23H28N2O3S. The van der Waals surface area contributed by atoms with E-state index in [0.717, 1.165) is 47.2 Å². The second kappa shape index (κ2) is 10.3. The summed E-state index contributed by atoms with van der Waals surface area (Å²) in [6.07, 6.45) is 0.780. The van der Waals surface area contributed by atoms with Crippen molar-refractivity contribution in [3.8, 4) is 5.75 Å². The average molecular weight is 413 g/mol. The molecule has 2 amide bonds. The first-order chi connectivity index (χ1) is 14.0. The second-order valence-electron chi connectivity index (χ2n) is 7.41. The molecule has 0 radical (unpaired) electrons. The minimum atomic E-state index is -0.0821. The highest BCUT2D eigenvalue weighted by atomic mass is 32.2. The Balaban J connectivity index is 1.51. The Morgan fingerprint density at radius 3 is 2.45 bits per heavy atom. The molecule has 0 atom stereocenters. The van der Waals surface area contributed by atoms with Crippen molar-refractivity contribution in [3.63, 3.8) is 0 Å². The summed E-state index contributed by atoms with van der Waals surface area (Å²) in [4.78, 5) is 26.7. The van der Waals surface area contributed by atoms with E-state index in [1.807, 2.05) is 79.0 Å². The number of rotatable bonds is 7. The van der Waals surface area contributed by atoms with Crippen LogP contribution in [-0.2, 0) is 22.4 Å². The number of nitrogens with zero attached hydrogens (tertiary/aromatic N) is 1. The number of ether oxygens (including phenoxy) is 1. The number of benzene rings is 2. The third-order valence-corrected chi connectivity index (χ3v) is 5.53. The SMILES string of the molecule is CC(C)Oc1cccc(CC(=O)Nc2ccc(CC(=O)N3CCSCC3)cc2)c1. The molecule has 1 heterocycles. The van der Waals surface area contributed by atoms with Gasteiger partial charge in [-0.15, -0.1) is 0 Å². The summed E-state index contributed by atoms with van der Waals surface area (Å²) in [5, 5.41) is 2.92. The van der Waals surface area contributed by atoms with Crippen LogP contribution >= 0.6 is 11.8 Å². The van der Waals surface area contributed by atoms with Crippen LogP contribution in [0.15, 0.2) is 48.5 Å². The van der Waals surface area contributed by atoms with E-state index in [9.17, 15) is 9.59 Å². The van der Waals surface area contributed by atoms with E-state index < -0.39 is 0 Å². The molecule has 1 aliphatic heterocycles. The molecule has 2 aromatic rings. The van der Waals surface area contributed by atoms with Gasteiger partial charge in [0.25, 0.3) is 0 Å². The van der Waals surface area contributed by atoms with Crippen molar-refractivity contribution >= 4 is 29.3 Å². The van der Waals surface area contributed by atoms with E-state index in [4.69, 9.17) is 4.74 Å². The summed E-state index contributed by atoms with van der Waals surface area (Å²) in [6.45, 7) is 5.62. The van der Waals surface area contributed by atoms with Crippen LogP contribution in [0, 0.1) is 0 Å². The molecular weight excluding hydrogens is 384 g/mol. The molecule has 5 nitrogen and oxygen atoms in total. The van der Waals surface area contributed by atoms with Crippen LogP contribution in [0.4, 0.5) is 5.69 Å². The van der Waals surface area contributed by atoms with Gasteiger partial charge >= 0.3 is 0 Å². The van der Waals surface area contributed by atoms with E-state index in [1.165, 1.54) is 0 Å². The Morgan fingerprint density at radius 1 is 1.03 bits per heavy atom. The van der Waals surface area contributed by atoms with Gasteiger partial charge in [0.05, 0.1) is 18.9 Å². The molecule has 0 aromatic heterocycles. The predicted molar refractivity (Wildman–Crippen MR) is 119 cm³/mol. The molecule has 1 aliphatic rings. The van der Waals surface area contributed by atoms with Crippen molar-refractivity contribution < 1.29 is 14.3 Å². The first-order valence-corrected chi connectivity index (χ1v) is 11.1. The van der Waals surface area contributed by atoms with Crippen LogP contribution in [0.25, 0.3) is 0 Å². The Kier molecular flexibility index (Phi) is 7.58. The highest BCUT2D eigenvalue weighted by Gasteiger charge is 2.16. The summed E-state index contributed by atoms with van der Waals surface area (Å²) in [5.74, 6) is 2.89. The standard InChI is InChI=1S/C23H28N2O3S/c1-17(2)28-21-5-3-4-19(14-21)15-22(26)24-20-8-6-18(7-9-20)16-23(27)25-10-12-29-13-11-25/h3-9,14,17H,10-13,15-16H2,1-2H3,(H,24,26). The Morgan fingerprint density at radius 2 is 1.76 bits per heavy atom. The lowest BCUT2D eigenvalue weighted by molar-refractivity contribution is -0.130. The van der Waals surface area contributed by atoms with Crippen LogP contribution < -0.4 is 10.1 Å². The number of hydrogen-bond donors (Lipinski definition) is 1. The average Bonchev–Trinajstić information content (AvgIpc) is 2.70. The molecule has 0 bridgehead atoms. The predicted octanol–water partition coefficient (Wildman–Crippen LogP) is 3.77. The quantitative estimate of drug-likeness (QED) is 0.752. The fourth-order valence-corrected chi connectivity index (χ4v) is 4.10.